The summed E-state index contributed by atoms with van der Waals surface area (Å²) in [4.78, 5) is 15.6. The van der Waals surface area contributed by atoms with Crippen molar-refractivity contribution >= 4 is 22.9 Å². The predicted octanol–water partition coefficient (Wildman–Crippen LogP) is 3.95. The molecule has 0 fully saturated rings. The van der Waals surface area contributed by atoms with Crippen LogP contribution in [0.5, 0.6) is 0 Å². The molecule has 0 aliphatic heterocycles. The van der Waals surface area contributed by atoms with Crippen molar-refractivity contribution in [3.05, 3.63) is 51.7 Å². The van der Waals surface area contributed by atoms with Crippen molar-refractivity contribution in [2.24, 2.45) is 0 Å². The van der Waals surface area contributed by atoms with Gasteiger partial charge in [-0.05, 0) is 47.5 Å². The third-order valence-electron chi connectivity index (χ3n) is 3.46. The van der Waals surface area contributed by atoms with Crippen LogP contribution < -0.4 is 5.73 Å². The van der Waals surface area contributed by atoms with E-state index >= 15 is 0 Å². The van der Waals surface area contributed by atoms with Gasteiger partial charge in [0.05, 0.1) is 4.88 Å². The van der Waals surface area contributed by atoms with Crippen molar-refractivity contribution in [2.75, 3.05) is 12.3 Å². The summed E-state index contributed by atoms with van der Waals surface area (Å²) in [5.74, 6) is 0.139. The Balaban J connectivity index is 2.18. The maximum Gasteiger partial charge on any atom is 0.264 e. The monoisotopic (exact) mass is 302 g/mol. The Morgan fingerprint density at radius 2 is 1.90 bits per heavy atom. The van der Waals surface area contributed by atoms with Crippen molar-refractivity contribution in [3.8, 4) is 0 Å². The number of carbonyl (C=O) groups excluding carboxylic acids is 1. The summed E-state index contributed by atoms with van der Waals surface area (Å²) in [5.41, 5.74) is 8.71. The molecular weight excluding hydrogens is 280 g/mol. The van der Waals surface area contributed by atoms with Crippen LogP contribution in [0.15, 0.2) is 35.7 Å². The van der Waals surface area contributed by atoms with Crippen molar-refractivity contribution < 1.29 is 4.79 Å². The van der Waals surface area contributed by atoms with Gasteiger partial charge in [-0.1, -0.05) is 26.0 Å². The topological polar surface area (TPSA) is 46.3 Å². The zero-order valence-electron chi connectivity index (χ0n) is 12.6. The number of hydrogen-bond donors (Lipinski definition) is 1. The summed E-state index contributed by atoms with van der Waals surface area (Å²) in [6.07, 6.45) is 1.85. The predicted molar refractivity (Wildman–Crippen MR) is 89.6 cm³/mol. The van der Waals surface area contributed by atoms with Gasteiger partial charge in [-0.25, -0.2) is 0 Å². The molecule has 0 unspecified atom stereocenters. The highest BCUT2D eigenvalue weighted by Crippen LogP contribution is 2.21. The fourth-order valence-corrected chi connectivity index (χ4v) is 3.27. The van der Waals surface area contributed by atoms with E-state index in [0.29, 0.717) is 6.54 Å². The molecule has 1 aromatic heterocycles. The van der Waals surface area contributed by atoms with E-state index in [4.69, 9.17) is 5.73 Å². The second-order valence-electron chi connectivity index (χ2n) is 5.10. The van der Waals surface area contributed by atoms with Crippen LogP contribution in [0.4, 0.5) is 5.69 Å². The molecule has 1 aromatic carbocycles. The highest BCUT2D eigenvalue weighted by atomic mass is 32.1. The molecule has 3 nitrogen and oxygen atoms in total. The number of nitrogens with zero attached hydrogens (tertiary/aromatic N) is 1. The molecule has 4 heteroatoms. The van der Waals surface area contributed by atoms with Gasteiger partial charge in [-0.15, -0.1) is 11.3 Å². The number of nitrogen functional groups attached to an aromatic ring is 1. The largest absolute Gasteiger partial charge is 0.399 e. The molecule has 2 rings (SSSR count). The molecule has 0 aliphatic carbocycles. The zero-order chi connectivity index (χ0) is 15.2. The van der Waals surface area contributed by atoms with Crippen LogP contribution >= 0.6 is 11.3 Å². The van der Waals surface area contributed by atoms with Gasteiger partial charge < -0.3 is 10.6 Å². The molecule has 112 valence electrons. The maximum atomic E-state index is 12.8. The number of benzene rings is 1. The first kappa shape index (κ1) is 15.6. The lowest BCUT2D eigenvalue weighted by Gasteiger charge is -2.22. The Hall–Kier alpha value is -1.81. The van der Waals surface area contributed by atoms with E-state index in [1.165, 1.54) is 11.3 Å². The van der Waals surface area contributed by atoms with Gasteiger partial charge in [0.2, 0.25) is 0 Å². The van der Waals surface area contributed by atoms with Gasteiger partial charge >= 0.3 is 0 Å². The van der Waals surface area contributed by atoms with E-state index in [2.05, 4.69) is 13.8 Å². The van der Waals surface area contributed by atoms with Gasteiger partial charge in [0.15, 0.2) is 0 Å². The SMILES string of the molecule is CCCN(Cc1ccc(N)cc1)C(=O)c1sccc1CC. The molecule has 0 spiro atoms. The first-order chi connectivity index (χ1) is 10.2. The average Bonchev–Trinajstić information content (AvgIpc) is 2.96. The van der Waals surface area contributed by atoms with Gasteiger partial charge in [-0.3, -0.25) is 4.79 Å². The molecule has 0 aliphatic rings. The molecule has 0 bridgehead atoms. The summed E-state index contributed by atoms with van der Waals surface area (Å²) < 4.78 is 0. The number of rotatable bonds is 6. The first-order valence-corrected chi connectivity index (χ1v) is 8.23. The van der Waals surface area contributed by atoms with Crippen molar-refractivity contribution in [3.63, 3.8) is 0 Å². The minimum atomic E-state index is 0.139. The third-order valence-corrected chi connectivity index (χ3v) is 4.40. The van der Waals surface area contributed by atoms with E-state index < -0.39 is 0 Å². The molecule has 2 aromatic rings. The van der Waals surface area contributed by atoms with Crippen molar-refractivity contribution in [1.82, 2.24) is 4.90 Å². The highest BCUT2D eigenvalue weighted by molar-refractivity contribution is 7.12. The van der Waals surface area contributed by atoms with Crippen LogP contribution in [0.1, 0.15) is 41.1 Å². The molecule has 0 saturated carbocycles. The molecule has 0 radical (unpaired) electrons. The van der Waals surface area contributed by atoms with Gasteiger partial charge in [0, 0.05) is 18.8 Å². The molecule has 1 amide bonds. The Morgan fingerprint density at radius 1 is 1.19 bits per heavy atom. The molecular formula is C17H22N2OS. The van der Waals surface area contributed by atoms with Crippen molar-refractivity contribution in [2.45, 2.75) is 33.2 Å². The number of nitrogens with two attached hydrogens (primary N) is 1. The zero-order valence-corrected chi connectivity index (χ0v) is 13.5. The molecule has 21 heavy (non-hydrogen) atoms. The summed E-state index contributed by atoms with van der Waals surface area (Å²) in [5, 5.41) is 2.00. The van der Waals surface area contributed by atoms with Gasteiger partial charge in [-0.2, -0.15) is 0 Å². The van der Waals surface area contributed by atoms with E-state index in [9.17, 15) is 4.79 Å². The number of carbonyl (C=O) groups is 1. The molecule has 1 heterocycles. The average molecular weight is 302 g/mol. The number of hydrogen-bond acceptors (Lipinski definition) is 3. The number of anilines is 1. The minimum absolute atomic E-state index is 0.139. The Labute approximate surface area is 130 Å². The second-order valence-corrected chi connectivity index (χ2v) is 6.01. The lowest BCUT2D eigenvalue weighted by atomic mass is 10.1. The quantitative estimate of drug-likeness (QED) is 0.821. The second kappa shape index (κ2) is 7.27. The summed E-state index contributed by atoms with van der Waals surface area (Å²) in [6, 6.07) is 9.78. The molecule has 2 N–H and O–H groups in total. The van der Waals surface area contributed by atoms with E-state index in [1.54, 1.807) is 0 Å². The molecule has 0 saturated heterocycles. The highest BCUT2D eigenvalue weighted by Gasteiger charge is 2.19. The fraction of sp³-hybridized carbons (Fsp3) is 0.353. The van der Waals surface area contributed by atoms with Crippen LogP contribution in [0, 0.1) is 0 Å². The Bertz CT molecular complexity index is 589. The summed E-state index contributed by atoms with van der Waals surface area (Å²) >= 11 is 1.54. The van der Waals surface area contributed by atoms with E-state index in [1.807, 2.05) is 40.6 Å². The van der Waals surface area contributed by atoms with E-state index in [0.717, 1.165) is 41.1 Å². The maximum absolute atomic E-state index is 12.8. The third kappa shape index (κ3) is 3.85. The summed E-state index contributed by atoms with van der Waals surface area (Å²) in [7, 11) is 0. The van der Waals surface area contributed by atoms with Gasteiger partial charge in [0.1, 0.15) is 0 Å². The van der Waals surface area contributed by atoms with E-state index in [-0.39, 0.29) is 5.91 Å². The fourth-order valence-electron chi connectivity index (χ4n) is 2.31. The standard InChI is InChI=1S/C17H22N2OS/c1-3-10-19(12-13-5-7-15(18)8-6-13)17(20)16-14(4-2)9-11-21-16/h5-9,11H,3-4,10,12,18H2,1-2H3. The Kier molecular flexibility index (Phi) is 5.39. The van der Waals surface area contributed by atoms with Crippen LogP contribution in [0.3, 0.4) is 0 Å². The van der Waals surface area contributed by atoms with Crippen LogP contribution in [-0.4, -0.2) is 17.4 Å². The van der Waals surface area contributed by atoms with Crippen molar-refractivity contribution in [1.29, 1.82) is 0 Å². The number of thiophene rings is 1. The smallest absolute Gasteiger partial charge is 0.264 e. The minimum Gasteiger partial charge on any atom is -0.399 e. The molecule has 0 atom stereocenters. The normalized spacial score (nSPS) is 10.6. The van der Waals surface area contributed by atoms with Crippen LogP contribution in [-0.2, 0) is 13.0 Å². The number of aryl methyl sites for hydroxylation is 1. The Morgan fingerprint density at radius 3 is 2.52 bits per heavy atom. The van der Waals surface area contributed by atoms with Gasteiger partial charge in [0.25, 0.3) is 5.91 Å². The lowest BCUT2D eigenvalue weighted by molar-refractivity contribution is 0.0747. The summed E-state index contributed by atoms with van der Waals surface area (Å²) in [6.45, 7) is 5.58. The van der Waals surface area contributed by atoms with Crippen LogP contribution in [0.25, 0.3) is 0 Å². The lowest BCUT2D eigenvalue weighted by Crippen LogP contribution is -2.31. The number of amides is 1. The van der Waals surface area contributed by atoms with Crippen LogP contribution in [0.2, 0.25) is 0 Å². The first-order valence-electron chi connectivity index (χ1n) is 7.35.